The lowest BCUT2D eigenvalue weighted by atomic mass is 10.00. The van der Waals surface area contributed by atoms with Crippen molar-refractivity contribution in [1.29, 1.82) is 0 Å². The zero-order valence-corrected chi connectivity index (χ0v) is 16.5. The molecule has 0 saturated carbocycles. The number of amides is 1. The Morgan fingerprint density at radius 2 is 1.93 bits per heavy atom. The average molecular weight is 442 g/mol. The highest BCUT2D eigenvalue weighted by Crippen LogP contribution is 2.36. The van der Waals surface area contributed by atoms with Crippen LogP contribution in [0, 0.1) is 0 Å². The number of hydrogen-bond donors (Lipinski definition) is 2. The van der Waals surface area contributed by atoms with E-state index in [1.165, 1.54) is 6.07 Å². The third-order valence-corrected chi connectivity index (χ3v) is 5.73. The highest BCUT2D eigenvalue weighted by Gasteiger charge is 2.35. The van der Waals surface area contributed by atoms with E-state index in [-0.39, 0.29) is 5.56 Å². The van der Waals surface area contributed by atoms with Crippen LogP contribution in [0.25, 0.3) is 10.9 Å². The van der Waals surface area contributed by atoms with Crippen LogP contribution in [-0.2, 0) is 23.9 Å². The molecule has 3 N–H and O–H groups in total. The van der Waals surface area contributed by atoms with E-state index in [1.54, 1.807) is 11.0 Å². The fourth-order valence-corrected chi connectivity index (χ4v) is 4.09. The van der Waals surface area contributed by atoms with Gasteiger partial charge in [-0.2, -0.15) is 13.2 Å². The van der Waals surface area contributed by atoms with Gasteiger partial charge in [-0.1, -0.05) is 29.3 Å². The highest BCUT2D eigenvalue weighted by molar-refractivity contribution is 6.31. The van der Waals surface area contributed by atoms with E-state index in [0.29, 0.717) is 24.5 Å². The summed E-state index contributed by atoms with van der Waals surface area (Å²) in [5.74, 6) is -0.442. The van der Waals surface area contributed by atoms with Crippen LogP contribution in [0.15, 0.2) is 36.4 Å². The van der Waals surface area contributed by atoms with Gasteiger partial charge in [-0.3, -0.25) is 4.79 Å². The molecule has 152 valence electrons. The molecule has 4 nitrogen and oxygen atoms in total. The summed E-state index contributed by atoms with van der Waals surface area (Å²) in [5.41, 5.74) is 7.97. The van der Waals surface area contributed by atoms with Crippen molar-refractivity contribution in [3.05, 3.63) is 68.8 Å². The molecule has 0 aliphatic carbocycles. The number of H-pyrrole nitrogens is 1. The third kappa shape index (κ3) is 3.70. The normalized spacial score (nSPS) is 15.4. The first-order valence-electron chi connectivity index (χ1n) is 8.85. The molecule has 1 unspecified atom stereocenters. The largest absolute Gasteiger partial charge is 0.417 e. The van der Waals surface area contributed by atoms with Crippen LogP contribution in [0.1, 0.15) is 28.4 Å². The first-order valence-corrected chi connectivity index (χ1v) is 9.60. The van der Waals surface area contributed by atoms with Gasteiger partial charge in [-0.05, 0) is 47.9 Å². The molecular weight excluding hydrogens is 426 g/mol. The van der Waals surface area contributed by atoms with Crippen LogP contribution in [0.2, 0.25) is 10.0 Å². The second kappa shape index (κ2) is 7.23. The summed E-state index contributed by atoms with van der Waals surface area (Å²) in [7, 11) is 0. The summed E-state index contributed by atoms with van der Waals surface area (Å²) in [4.78, 5) is 17.7. The van der Waals surface area contributed by atoms with E-state index >= 15 is 0 Å². The van der Waals surface area contributed by atoms with E-state index in [2.05, 4.69) is 4.98 Å². The van der Waals surface area contributed by atoms with Gasteiger partial charge in [0.15, 0.2) is 0 Å². The Labute approximate surface area is 174 Å². The number of nitrogens with zero attached hydrogens (tertiary/aromatic N) is 1. The fraction of sp³-hybridized carbons (Fsp3) is 0.250. The summed E-state index contributed by atoms with van der Waals surface area (Å²) in [6, 6.07) is 7.62. The summed E-state index contributed by atoms with van der Waals surface area (Å²) >= 11 is 11.7. The number of nitrogens with two attached hydrogens (primary N) is 1. The second-order valence-corrected chi connectivity index (χ2v) is 7.84. The predicted octanol–water partition coefficient (Wildman–Crippen LogP) is 5.08. The first-order chi connectivity index (χ1) is 13.6. The van der Waals surface area contributed by atoms with Gasteiger partial charge in [0.05, 0.1) is 17.1 Å². The summed E-state index contributed by atoms with van der Waals surface area (Å²) < 4.78 is 39.3. The predicted molar refractivity (Wildman–Crippen MR) is 106 cm³/mol. The lowest BCUT2D eigenvalue weighted by Gasteiger charge is -2.29. The molecule has 3 aromatic rings. The maximum Gasteiger partial charge on any atom is 0.417 e. The second-order valence-electron chi connectivity index (χ2n) is 7.00. The Hall–Kier alpha value is -2.22. The van der Waals surface area contributed by atoms with Crippen LogP contribution in [0.5, 0.6) is 0 Å². The van der Waals surface area contributed by atoms with Crippen molar-refractivity contribution in [3.63, 3.8) is 0 Å². The molecule has 1 atom stereocenters. The zero-order valence-electron chi connectivity index (χ0n) is 15.0. The molecule has 2 heterocycles. The van der Waals surface area contributed by atoms with Crippen LogP contribution in [0.3, 0.4) is 0 Å². The number of rotatable bonds is 2. The third-order valence-electron chi connectivity index (χ3n) is 5.17. The van der Waals surface area contributed by atoms with Crippen molar-refractivity contribution < 1.29 is 18.0 Å². The Balaban J connectivity index is 1.59. The topological polar surface area (TPSA) is 62.1 Å². The number of nitrogens with one attached hydrogen (secondary N) is 1. The summed E-state index contributed by atoms with van der Waals surface area (Å²) in [6.07, 6.45) is -4.02. The molecule has 9 heteroatoms. The number of benzene rings is 2. The summed E-state index contributed by atoms with van der Waals surface area (Å²) in [5, 5.41) is 1.21. The molecule has 29 heavy (non-hydrogen) atoms. The average Bonchev–Trinajstić information content (AvgIpc) is 3.03. The number of alkyl halides is 3. The van der Waals surface area contributed by atoms with Crippen LogP contribution >= 0.6 is 23.2 Å². The highest BCUT2D eigenvalue weighted by atomic mass is 35.5. The van der Waals surface area contributed by atoms with Gasteiger partial charge in [-0.25, -0.2) is 0 Å². The minimum atomic E-state index is -4.62. The first kappa shape index (κ1) is 20.1. The summed E-state index contributed by atoms with van der Waals surface area (Å²) in [6.45, 7) is 0.715. The number of hydrogen-bond acceptors (Lipinski definition) is 2. The molecule has 2 aromatic carbocycles. The van der Waals surface area contributed by atoms with Gasteiger partial charge in [0.25, 0.3) is 0 Å². The van der Waals surface area contributed by atoms with Gasteiger partial charge >= 0.3 is 6.18 Å². The lowest BCUT2D eigenvalue weighted by Crippen LogP contribution is -2.41. The number of fused-ring (bicyclic) bond motifs is 3. The maximum atomic E-state index is 13.1. The van der Waals surface area contributed by atoms with Crippen molar-refractivity contribution in [2.45, 2.75) is 25.2 Å². The Bertz CT molecular complexity index is 1110. The zero-order chi connectivity index (χ0) is 20.9. The van der Waals surface area contributed by atoms with E-state index in [9.17, 15) is 18.0 Å². The number of halogens is 5. The van der Waals surface area contributed by atoms with Gasteiger partial charge in [0.2, 0.25) is 5.91 Å². The molecule has 1 aliphatic rings. The van der Waals surface area contributed by atoms with Crippen molar-refractivity contribution in [2.75, 3.05) is 6.54 Å². The molecule has 1 aliphatic heterocycles. The number of aromatic amines is 1. The number of aromatic nitrogens is 1. The van der Waals surface area contributed by atoms with E-state index in [1.807, 2.05) is 12.1 Å². The van der Waals surface area contributed by atoms with E-state index in [4.69, 9.17) is 28.9 Å². The standard InChI is InChI=1S/C20H16Cl2F3N3O/c21-11-2-4-16-13(8-11)12-5-6-28(9-17(12)27-16)19(29)18(26)10-1-3-15(22)14(7-10)20(23,24)25/h1-4,7-8,18,27H,5-6,9,26H2. The van der Waals surface area contributed by atoms with Crippen molar-refractivity contribution in [3.8, 4) is 0 Å². The van der Waals surface area contributed by atoms with Crippen molar-refractivity contribution in [2.24, 2.45) is 5.73 Å². The molecule has 1 amide bonds. The van der Waals surface area contributed by atoms with Crippen LogP contribution in [-0.4, -0.2) is 22.3 Å². The Morgan fingerprint density at radius 1 is 1.17 bits per heavy atom. The smallest absolute Gasteiger partial charge is 0.357 e. The van der Waals surface area contributed by atoms with Gasteiger partial charge in [-0.15, -0.1) is 0 Å². The molecule has 0 radical (unpaired) electrons. The molecular formula is C20H16Cl2F3N3O. The van der Waals surface area contributed by atoms with Crippen LogP contribution < -0.4 is 5.73 Å². The molecule has 0 bridgehead atoms. The maximum absolute atomic E-state index is 13.1. The SMILES string of the molecule is NC(C(=O)N1CCc2c([nH]c3ccc(Cl)cc23)C1)c1ccc(Cl)c(C(F)(F)F)c1. The van der Waals surface area contributed by atoms with Gasteiger partial charge < -0.3 is 15.6 Å². The fourth-order valence-electron chi connectivity index (χ4n) is 3.69. The molecule has 0 fully saturated rings. The Kier molecular flexibility index (Phi) is 5.01. The number of carbonyl (C=O) groups excluding carboxylic acids is 1. The van der Waals surface area contributed by atoms with Crippen molar-refractivity contribution >= 4 is 40.0 Å². The van der Waals surface area contributed by atoms with E-state index in [0.717, 1.165) is 34.3 Å². The van der Waals surface area contributed by atoms with Gasteiger partial charge in [0, 0.05) is 28.2 Å². The van der Waals surface area contributed by atoms with E-state index < -0.39 is 28.7 Å². The minimum absolute atomic E-state index is 0.0703. The quantitative estimate of drug-likeness (QED) is 0.582. The molecule has 0 spiro atoms. The minimum Gasteiger partial charge on any atom is -0.357 e. The Morgan fingerprint density at radius 3 is 2.66 bits per heavy atom. The number of carbonyl (C=O) groups is 1. The molecule has 1 aromatic heterocycles. The van der Waals surface area contributed by atoms with Gasteiger partial charge in [0.1, 0.15) is 6.04 Å². The van der Waals surface area contributed by atoms with Crippen LogP contribution in [0.4, 0.5) is 13.2 Å². The lowest BCUT2D eigenvalue weighted by molar-refractivity contribution is -0.138. The molecule has 0 saturated heterocycles. The molecule has 4 rings (SSSR count). The monoisotopic (exact) mass is 441 g/mol. The van der Waals surface area contributed by atoms with Crippen molar-refractivity contribution in [1.82, 2.24) is 9.88 Å².